The summed E-state index contributed by atoms with van der Waals surface area (Å²) >= 11 is 0. The lowest BCUT2D eigenvalue weighted by molar-refractivity contribution is -0.143. The molecule has 0 atom stereocenters. The highest BCUT2D eigenvalue weighted by atomic mass is 16.5. The van der Waals surface area contributed by atoms with Gasteiger partial charge in [-0.2, -0.15) is 0 Å². The second kappa shape index (κ2) is 18.5. The number of esters is 1. The van der Waals surface area contributed by atoms with Gasteiger partial charge in [0.2, 0.25) is 0 Å². The van der Waals surface area contributed by atoms with Crippen LogP contribution in [0, 0.1) is 5.92 Å². The molecule has 0 bridgehead atoms. The predicted octanol–water partition coefficient (Wildman–Crippen LogP) is 5.61. The number of hydrogen-bond donors (Lipinski definition) is 1. The minimum absolute atomic E-state index is 0.182. The molecule has 0 saturated carbocycles. The van der Waals surface area contributed by atoms with E-state index in [1.165, 1.54) is 51.4 Å². The highest BCUT2D eigenvalue weighted by Gasteiger charge is 2.05. The van der Waals surface area contributed by atoms with E-state index in [-0.39, 0.29) is 5.97 Å². The molecule has 0 unspecified atom stereocenters. The molecular formula is C21H41NO4. The molecule has 5 nitrogen and oxygen atoms in total. The Morgan fingerprint density at radius 1 is 0.808 bits per heavy atom. The first kappa shape index (κ1) is 24.7. The van der Waals surface area contributed by atoms with E-state index in [0.29, 0.717) is 38.5 Å². The van der Waals surface area contributed by atoms with Crippen LogP contribution >= 0.6 is 0 Å². The zero-order chi connectivity index (χ0) is 19.5. The van der Waals surface area contributed by atoms with Gasteiger partial charge in [-0.25, -0.2) is 4.79 Å². The lowest BCUT2D eigenvalue weighted by Crippen LogP contribution is -2.27. The third kappa shape index (κ3) is 19.1. The van der Waals surface area contributed by atoms with E-state index in [9.17, 15) is 9.59 Å². The Balaban J connectivity index is 3.28. The molecule has 5 heteroatoms. The van der Waals surface area contributed by atoms with Gasteiger partial charge in [-0.15, -0.1) is 0 Å². The van der Waals surface area contributed by atoms with Gasteiger partial charge >= 0.3 is 12.1 Å². The van der Waals surface area contributed by atoms with E-state index in [1.807, 2.05) is 13.8 Å². The maximum atomic E-state index is 11.6. The molecule has 1 N–H and O–H groups in total. The van der Waals surface area contributed by atoms with Gasteiger partial charge in [0, 0.05) is 13.0 Å². The largest absolute Gasteiger partial charge is 0.466 e. The van der Waals surface area contributed by atoms with Crippen molar-refractivity contribution in [3.8, 4) is 0 Å². The van der Waals surface area contributed by atoms with Gasteiger partial charge in [-0.3, -0.25) is 4.79 Å². The fraction of sp³-hybridized carbons (Fsp3) is 0.905. The third-order valence-corrected chi connectivity index (χ3v) is 4.14. The van der Waals surface area contributed by atoms with Crippen molar-refractivity contribution in [1.82, 2.24) is 5.32 Å². The number of nitrogens with one attached hydrogen (secondary N) is 1. The van der Waals surface area contributed by atoms with Gasteiger partial charge in [-0.1, -0.05) is 78.6 Å². The molecule has 0 saturated heterocycles. The van der Waals surface area contributed by atoms with E-state index in [1.54, 1.807) is 0 Å². The summed E-state index contributed by atoms with van der Waals surface area (Å²) in [6, 6.07) is 0. The van der Waals surface area contributed by atoms with Crippen LogP contribution in [0.5, 0.6) is 0 Å². The Hall–Kier alpha value is -1.26. The van der Waals surface area contributed by atoms with Crippen molar-refractivity contribution in [3.05, 3.63) is 0 Å². The average Bonchev–Trinajstić information content (AvgIpc) is 2.61. The monoisotopic (exact) mass is 371 g/mol. The first-order valence-corrected chi connectivity index (χ1v) is 10.6. The smallest absolute Gasteiger partial charge is 0.407 e. The fourth-order valence-electron chi connectivity index (χ4n) is 2.56. The predicted molar refractivity (Wildman–Crippen MR) is 106 cm³/mol. The Morgan fingerprint density at radius 3 is 1.96 bits per heavy atom. The summed E-state index contributed by atoms with van der Waals surface area (Å²) in [6.07, 6.45) is 13.2. The molecule has 0 fully saturated rings. The number of rotatable bonds is 17. The second-order valence-corrected chi connectivity index (χ2v) is 7.43. The fourth-order valence-corrected chi connectivity index (χ4v) is 2.56. The molecule has 0 aromatic heterocycles. The van der Waals surface area contributed by atoms with Crippen LogP contribution in [0.1, 0.15) is 97.8 Å². The van der Waals surface area contributed by atoms with E-state index < -0.39 is 6.09 Å². The maximum Gasteiger partial charge on any atom is 0.407 e. The summed E-state index contributed by atoms with van der Waals surface area (Å²) in [5.74, 6) is 0.139. The average molecular weight is 372 g/mol. The van der Waals surface area contributed by atoms with Gasteiger partial charge in [0.15, 0.2) is 0 Å². The van der Waals surface area contributed by atoms with Crippen LogP contribution in [0.3, 0.4) is 0 Å². The minimum atomic E-state index is -0.419. The number of amides is 1. The summed E-state index contributed by atoms with van der Waals surface area (Å²) in [5, 5.41) is 2.64. The summed E-state index contributed by atoms with van der Waals surface area (Å²) in [6.45, 7) is 7.57. The first-order valence-electron chi connectivity index (χ1n) is 10.6. The molecule has 0 rings (SSSR count). The number of alkyl carbamates (subject to hydrolysis) is 1. The van der Waals surface area contributed by atoms with Crippen LogP contribution in [0.2, 0.25) is 0 Å². The van der Waals surface area contributed by atoms with Crippen LogP contribution in [-0.2, 0) is 14.3 Å². The summed E-state index contributed by atoms with van der Waals surface area (Å²) < 4.78 is 10.2. The lowest BCUT2D eigenvalue weighted by atomic mass is 10.1. The van der Waals surface area contributed by atoms with Crippen molar-refractivity contribution < 1.29 is 19.1 Å². The topological polar surface area (TPSA) is 64.6 Å². The molecule has 0 aliphatic heterocycles. The molecule has 0 aromatic rings. The maximum absolute atomic E-state index is 11.6. The van der Waals surface area contributed by atoms with Crippen molar-refractivity contribution in [2.24, 2.45) is 5.92 Å². The molecule has 0 aromatic carbocycles. The van der Waals surface area contributed by atoms with Crippen molar-refractivity contribution in [2.45, 2.75) is 97.8 Å². The number of carbonyl (C=O) groups excluding carboxylic acids is 2. The Kier molecular flexibility index (Phi) is 17.6. The van der Waals surface area contributed by atoms with Gasteiger partial charge in [0.05, 0.1) is 13.2 Å². The molecule has 154 valence electrons. The van der Waals surface area contributed by atoms with E-state index in [0.717, 1.165) is 12.8 Å². The molecule has 26 heavy (non-hydrogen) atoms. The third-order valence-electron chi connectivity index (χ3n) is 4.14. The van der Waals surface area contributed by atoms with Crippen molar-refractivity contribution in [3.63, 3.8) is 0 Å². The van der Waals surface area contributed by atoms with Gasteiger partial charge in [-0.05, 0) is 18.8 Å². The number of unbranched alkanes of at least 4 members (excludes halogenated alkanes) is 9. The van der Waals surface area contributed by atoms with Crippen molar-refractivity contribution >= 4 is 12.1 Å². The minimum Gasteiger partial charge on any atom is -0.466 e. The highest BCUT2D eigenvalue weighted by molar-refractivity contribution is 5.69. The normalized spacial score (nSPS) is 10.8. The van der Waals surface area contributed by atoms with E-state index in [2.05, 4.69) is 12.2 Å². The van der Waals surface area contributed by atoms with Crippen LogP contribution in [-0.4, -0.2) is 31.8 Å². The summed E-state index contributed by atoms with van der Waals surface area (Å²) in [5.41, 5.74) is 0. The van der Waals surface area contributed by atoms with Crippen LogP contribution in [0.15, 0.2) is 0 Å². The van der Waals surface area contributed by atoms with Crippen molar-refractivity contribution in [2.75, 3.05) is 19.8 Å². The molecule has 0 radical (unpaired) electrons. The SMILES string of the molecule is CCCCCCCCCCCCOC(=O)CCCNC(=O)OCC(C)C. The van der Waals surface area contributed by atoms with Gasteiger partial charge < -0.3 is 14.8 Å². The molecule has 1 amide bonds. The zero-order valence-electron chi connectivity index (χ0n) is 17.3. The molecule has 0 aliphatic carbocycles. The van der Waals surface area contributed by atoms with Crippen LogP contribution in [0.4, 0.5) is 4.79 Å². The van der Waals surface area contributed by atoms with Crippen LogP contribution in [0.25, 0.3) is 0 Å². The standard InChI is InChI=1S/C21H41NO4/c1-4-5-6-7-8-9-10-11-12-13-17-25-20(23)15-14-16-22-21(24)26-18-19(2)3/h19H,4-18H2,1-3H3,(H,22,24). The second-order valence-electron chi connectivity index (χ2n) is 7.43. The van der Waals surface area contributed by atoms with Crippen molar-refractivity contribution in [1.29, 1.82) is 0 Å². The number of hydrogen-bond acceptors (Lipinski definition) is 4. The molecule has 0 aliphatic rings. The zero-order valence-corrected chi connectivity index (χ0v) is 17.3. The quantitative estimate of drug-likeness (QED) is 0.266. The summed E-state index contributed by atoms with van der Waals surface area (Å²) in [7, 11) is 0. The van der Waals surface area contributed by atoms with Crippen LogP contribution < -0.4 is 5.32 Å². The molecular weight excluding hydrogens is 330 g/mol. The number of ether oxygens (including phenoxy) is 2. The molecule has 0 spiro atoms. The Bertz CT molecular complexity index is 345. The van der Waals surface area contributed by atoms with Gasteiger partial charge in [0.25, 0.3) is 0 Å². The highest BCUT2D eigenvalue weighted by Crippen LogP contribution is 2.10. The Morgan fingerprint density at radius 2 is 1.38 bits per heavy atom. The molecule has 0 heterocycles. The lowest BCUT2D eigenvalue weighted by Gasteiger charge is -2.08. The Labute approximate surface area is 160 Å². The first-order chi connectivity index (χ1) is 12.6. The number of carbonyl (C=O) groups is 2. The van der Waals surface area contributed by atoms with Gasteiger partial charge in [0.1, 0.15) is 0 Å². The summed E-state index contributed by atoms with van der Waals surface area (Å²) in [4.78, 5) is 22.9. The van der Waals surface area contributed by atoms with E-state index >= 15 is 0 Å². The van der Waals surface area contributed by atoms with E-state index in [4.69, 9.17) is 9.47 Å².